The van der Waals surface area contributed by atoms with Crippen LogP contribution < -0.4 is 0 Å². The summed E-state index contributed by atoms with van der Waals surface area (Å²) in [6, 6.07) is 0. The van der Waals surface area contributed by atoms with Crippen molar-refractivity contribution < 1.29 is 39.5 Å². The maximum Gasteiger partial charge on any atom is 0.335 e. The van der Waals surface area contributed by atoms with Crippen molar-refractivity contribution in [2.75, 3.05) is 33.0 Å². The molecule has 8 nitrogen and oxygen atoms in total. The smallest absolute Gasteiger partial charge is 0.335 e. The van der Waals surface area contributed by atoms with E-state index in [4.69, 9.17) is 25.2 Å². The average molecular weight is 382 g/mol. The van der Waals surface area contributed by atoms with Gasteiger partial charge in [0.2, 0.25) is 0 Å². The minimum atomic E-state index is -1.56. The number of carboxylic acids is 1. The molecular formula is C18H38O8. The first-order valence-electron chi connectivity index (χ1n) is 8.12. The molecular weight excluding hydrogens is 344 g/mol. The summed E-state index contributed by atoms with van der Waals surface area (Å²) in [5.74, 6) is -1.94. The van der Waals surface area contributed by atoms with Gasteiger partial charge in [-0.2, -0.15) is 0 Å². The van der Waals surface area contributed by atoms with Crippen LogP contribution in [-0.4, -0.2) is 71.5 Å². The predicted octanol–water partition coefficient (Wildman–Crippen LogP) is 1.64. The Morgan fingerprint density at radius 1 is 0.962 bits per heavy atom. The summed E-state index contributed by atoms with van der Waals surface area (Å²) in [5.41, 5.74) is 0. The Kier molecular flexibility index (Phi) is 47.0. The van der Waals surface area contributed by atoms with Gasteiger partial charge in [-0.05, 0) is 19.8 Å². The lowest BCUT2D eigenvalue weighted by atomic mass is 10.2. The van der Waals surface area contributed by atoms with Crippen LogP contribution in [-0.2, 0) is 19.1 Å². The van der Waals surface area contributed by atoms with Gasteiger partial charge in [0.05, 0.1) is 26.2 Å². The average Bonchev–Trinajstić information content (AvgIpc) is 2.63. The van der Waals surface area contributed by atoms with E-state index in [1.54, 1.807) is 0 Å². The number of hydrogen-bond acceptors (Lipinski definition) is 7. The van der Waals surface area contributed by atoms with Crippen LogP contribution in [0.4, 0.5) is 0 Å². The van der Waals surface area contributed by atoms with E-state index < -0.39 is 24.5 Å². The third-order valence-electron chi connectivity index (χ3n) is 1.71. The fourth-order valence-corrected chi connectivity index (χ4v) is 0.798. The number of carbonyl (C=O) groups is 2. The lowest BCUT2D eigenvalue weighted by Gasteiger charge is -2.09. The molecule has 0 aromatic rings. The van der Waals surface area contributed by atoms with E-state index in [1.165, 1.54) is 0 Å². The van der Waals surface area contributed by atoms with Gasteiger partial charge in [-0.3, -0.25) is 4.79 Å². The fourth-order valence-electron chi connectivity index (χ4n) is 0.798. The zero-order chi connectivity index (χ0) is 22.0. The molecule has 0 saturated heterocycles. The molecule has 0 radical (unpaired) electrons. The number of hydrogen-bond donors (Lipinski definition) is 4. The molecule has 0 aromatic heterocycles. The van der Waals surface area contributed by atoms with Crippen molar-refractivity contribution >= 4 is 11.9 Å². The Balaban J connectivity index is -0.0000000933. The van der Waals surface area contributed by atoms with Crippen LogP contribution in [0, 0.1) is 5.92 Å². The molecule has 0 aliphatic rings. The van der Waals surface area contributed by atoms with Crippen molar-refractivity contribution in [1.29, 1.82) is 0 Å². The van der Waals surface area contributed by atoms with Crippen molar-refractivity contribution in [2.24, 2.45) is 5.92 Å². The summed E-state index contributed by atoms with van der Waals surface area (Å²) in [5, 5.41) is 32.4. The van der Waals surface area contributed by atoms with E-state index in [2.05, 4.69) is 31.1 Å². The molecule has 0 aliphatic carbocycles. The summed E-state index contributed by atoms with van der Waals surface area (Å²) in [6.45, 7) is 21.3. The third-order valence-corrected chi connectivity index (χ3v) is 1.71. The second-order valence-electron chi connectivity index (χ2n) is 4.37. The Hall–Kier alpha value is -1.74. The number of rotatable bonds is 8. The van der Waals surface area contributed by atoms with Gasteiger partial charge in [0.25, 0.3) is 0 Å². The van der Waals surface area contributed by atoms with Crippen molar-refractivity contribution in [3.63, 3.8) is 0 Å². The topological polar surface area (TPSA) is 134 Å². The van der Waals surface area contributed by atoms with Crippen LogP contribution in [0.25, 0.3) is 0 Å². The molecule has 0 rings (SSSR count). The molecule has 0 heterocycles. The van der Waals surface area contributed by atoms with Gasteiger partial charge in [-0.25, -0.2) is 4.79 Å². The van der Waals surface area contributed by atoms with Crippen molar-refractivity contribution in [3.8, 4) is 0 Å². The van der Waals surface area contributed by atoms with Gasteiger partial charge < -0.3 is 29.9 Å². The van der Waals surface area contributed by atoms with Gasteiger partial charge in [0.1, 0.15) is 0 Å². The number of carbonyl (C=O) groups excluding carboxylic acids is 1. The first-order valence-corrected chi connectivity index (χ1v) is 8.12. The number of aliphatic hydroxyl groups is 3. The van der Waals surface area contributed by atoms with E-state index in [-0.39, 0.29) is 25.7 Å². The monoisotopic (exact) mass is 382 g/mol. The lowest BCUT2D eigenvalue weighted by Crippen LogP contribution is -2.27. The molecule has 0 aromatic carbocycles. The van der Waals surface area contributed by atoms with Crippen LogP contribution in [0.5, 0.6) is 0 Å². The second kappa shape index (κ2) is 34.6. The Labute approximate surface area is 157 Å². The molecule has 4 N–H and O–H groups in total. The largest absolute Gasteiger partial charge is 0.481 e. The minimum Gasteiger partial charge on any atom is -0.481 e. The standard InChI is InChI=1S/C8H14O5.C4H10O.C2H6O2.2C2H4/c1-5(2)4-13-8(12)6(9)3-7(10)11;1-3-5-4-2;3-1-2-4;2*1-2/h5-6,9H,3-4H2,1-2H3,(H,10,11);3-4H2,1-2H3;3-4H,1-2H2;2*1-2H2. The van der Waals surface area contributed by atoms with E-state index in [9.17, 15) is 9.59 Å². The molecule has 0 saturated carbocycles. The minimum absolute atomic E-state index is 0.125. The first-order chi connectivity index (χ1) is 12.3. The Morgan fingerprint density at radius 2 is 1.35 bits per heavy atom. The molecule has 1 unspecified atom stereocenters. The fraction of sp³-hybridized carbons (Fsp3) is 0.667. The van der Waals surface area contributed by atoms with Crippen molar-refractivity contribution in [2.45, 2.75) is 40.2 Å². The molecule has 0 amide bonds. The van der Waals surface area contributed by atoms with E-state index in [0.717, 1.165) is 13.2 Å². The summed E-state index contributed by atoms with van der Waals surface area (Å²) in [6.07, 6.45) is -2.17. The van der Waals surface area contributed by atoms with Gasteiger partial charge in [0.15, 0.2) is 6.10 Å². The SMILES string of the molecule is C=C.C=C.CC(C)COC(=O)C(O)CC(=O)O.CCOCC.OCCO. The summed E-state index contributed by atoms with van der Waals surface area (Å²) in [7, 11) is 0. The molecule has 26 heavy (non-hydrogen) atoms. The molecule has 158 valence electrons. The van der Waals surface area contributed by atoms with Gasteiger partial charge in [-0.1, -0.05) is 13.8 Å². The van der Waals surface area contributed by atoms with Crippen LogP contribution in [0.2, 0.25) is 0 Å². The molecule has 1 atom stereocenters. The van der Waals surface area contributed by atoms with E-state index >= 15 is 0 Å². The normalized spacial score (nSPS) is 9.38. The number of aliphatic hydroxyl groups excluding tert-OH is 3. The second-order valence-corrected chi connectivity index (χ2v) is 4.37. The van der Waals surface area contributed by atoms with Crippen LogP contribution in [0.3, 0.4) is 0 Å². The maximum absolute atomic E-state index is 10.8. The van der Waals surface area contributed by atoms with Crippen LogP contribution in [0.1, 0.15) is 34.1 Å². The molecule has 0 fully saturated rings. The Morgan fingerprint density at radius 3 is 1.54 bits per heavy atom. The zero-order valence-electron chi connectivity index (χ0n) is 16.6. The summed E-state index contributed by atoms with van der Waals surface area (Å²) in [4.78, 5) is 20.9. The van der Waals surface area contributed by atoms with Crippen LogP contribution in [0.15, 0.2) is 26.3 Å². The highest BCUT2D eigenvalue weighted by Crippen LogP contribution is 1.98. The number of esters is 1. The van der Waals surface area contributed by atoms with E-state index in [1.807, 2.05) is 27.7 Å². The lowest BCUT2D eigenvalue weighted by molar-refractivity contribution is -0.159. The highest BCUT2D eigenvalue weighted by atomic mass is 16.5. The van der Waals surface area contributed by atoms with Crippen molar-refractivity contribution in [3.05, 3.63) is 26.3 Å². The van der Waals surface area contributed by atoms with Gasteiger partial charge in [0, 0.05) is 13.2 Å². The summed E-state index contributed by atoms with van der Waals surface area (Å²) < 4.78 is 9.45. The highest BCUT2D eigenvalue weighted by Gasteiger charge is 2.19. The zero-order valence-corrected chi connectivity index (χ0v) is 16.6. The van der Waals surface area contributed by atoms with Crippen molar-refractivity contribution in [1.82, 2.24) is 0 Å². The van der Waals surface area contributed by atoms with E-state index in [0.29, 0.717) is 0 Å². The van der Waals surface area contributed by atoms with Gasteiger partial charge in [-0.15, -0.1) is 26.3 Å². The molecule has 8 heteroatoms. The third kappa shape index (κ3) is 49.5. The number of aliphatic carboxylic acids is 1. The Bertz CT molecular complexity index is 276. The first kappa shape index (κ1) is 35.4. The van der Waals surface area contributed by atoms with Gasteiger partial charge >= 0.3 is 11.9 Å². The predicted molar refractivity (Wildman–Crippen MR) is 103 cm³/mol. The summed E-state index contributed by atoms with van der Waals surface area (Å²) >= 11 is 0. The molecule has 0 aliphatic heterocycles. The highest BCUT2D eigenvalue weighted by molar-refractivity contribution is 5.80. The number of carboxylic acid groups (broad SMARTS) is 1. The quantitative estimate of drug-likeness (QED) is 0.368. The van der Waals surface area contributed by atoms with Crippen LogP contribution >= 0.6 is 0 Å². The number of ether oxygens (including phenoxy) is 2. The maximum atomic E-state index is 10.8. The molecule has 0 bridgehead atoms. The molecule has 0 spiro atoms.